The first-order valence-electron chi connectivity index (χ1n) is 7.68. The molecule has 0 heterocycles. The van der Waals surface area contributed by atoms with E-state index in [1.165, 1.54) is 11.1 Å². The van der Waals surface area contributed by atoms with Crippen molar-refractivity contribution in [3.8, 4) is 11.5 Å². The summed E-state index contributed by atoms with van der Waals surface area (Å²) in [6.07, 6.45) is 1.15. The first kappa shape index (κ1) is 15.6. The van der Waals surface area contributed by atoms with Crippen molar-refractivity contribution >= 4 is 0 Å². The molecule has 0 bridgehead atoms. The lowest BCUT2D eigenvalue weighted by atomic mass is 10.1. The largest absolute Gasteiger partial charge is 0.457 e. The van der Waals surface area contributed by atoms with Gasteiger partial charge in [0.1, 0.15) is 11.5 Å². The van der Waals surface area contributed by atoms with Gasteiger partial charge >= 0.3 is 0 Å². The highest BCUT2D eigenvalue weighted by Gasteiger charge is 2.06. The van der Waals surface area contributed by atoms with Crippen molar-refractivity contribution in [3.63, 3.8) is 0 Å². The molecule has 0 amide bonds. The maximum atomic E-state index is 5.99. The molecule has 0 saturated heterocycles. The van der Waals surface area contributed by atoms with Gasteiger partial charge in [0.25, 0.3) is 0 Å². The Hall–Kier alpha value is -1.80. The molecule has 0 spiro atoms. The van der Waals surface area contributed by atoms with Crippen LogP contribution in [0.15, 0.2) is 42.5 Å². The summed E-state index contributed by atoms with van der Waals surface area (Å²) in [5, 5.41) is 3.49. The average Bonchev–Trinajstić information content (AvgIpc) is 2.49. The molecule has 2 aromatic rings. The van der Waals surface area contributed by atoms with E-state index in [1.807, 2.05) is 12.1 Å². The molecule has 2 heteroatoms. The van der Waals surface area contributed by atoms with Crippen LogP contribution in [0.2, 0.25) is 0 Å². The Balaban J connectivity index is 2.07. The predicted molar refractivity (Wildman–Crippen MR) is 89.1 cm³/mol. The molecule has 0 aliphatic heterocycles. The zero-order chi connectivity index (χ0) is 15.2. The van der Waals surface area contributed by atoms with Crippen LogP contribution in [0.3, 0.4) is 0 Å². The number of aryl methyl sites for hydroxylation is 2. The molecule has 0 fully saturated rings. The zero-order valence-electron chi connectivity index (χ0n) is 13.4. The van der Waals surface area contributed by atoms with Gasteiger partial charge in [0.15, 0.2) is 0 Å². The first-order chi connectivity index (χ1) is 10.1. The van der Waals surface area contributed by atoms with E-state index in [0.717, 1.165) is 30.0 Å². The minimum absolute atomic E-state index is 0.375. The third kappa shape index (κ3) is 4.33. The van der Waals surface area contributed by atoms with Gasteiger partial charge in [-0.25, -0.2) is 0 Å². The third-order valence-corrected chi connectivity index (χ3v) is 3.65. The van der Waals surface area contributed by atoms with Gasteiger partial charge in [0.2, 0.25) is 0 Å². The van der Waals surface area contributed by atoms with Gasteiger partial charge in [-0.05, 0) is 68.6 Å². The van der Waals surface area contributed by atoms with Crippen LogP contribution < -0.4 is 10.1 Å². The van der Waals surface area contributed by atoms with Crippen LogP contribution >= 0.6 is 0 Å². The molecule has 0 aliphatic rings. The van der Waals surface area contributed by atoms with Crippen molar-refractivity contribution in [1.82, 2.24) is 5.32 Å². The second-order valence-corrected chi connectivity index (χ2v) is 5.62. The van der Waals surface area contributed by atoms with E-state index in [4.69, 9.17) is 4.74 Å². The maximum absolute atomic E-state index is 5.99. The van der Waals surface area contributed by atoms with E-state index >= 15 is 0 Å². The van der Waals surface area contributed by atoms with Crippen LogP contribution in [0.1, 0.15) is 43.0 Å². The normalized spacial score (nSPS) is 12.2. The molecule has 0 saturated carbocycles. The standard InChI is InChI=1S/C19H25NO/c1-5-12-20-16(4)17-8-10-18(11-9-17)21-19-13-14(2)6-7-15(19)3/h6-11,13,16,20H,5,12H2,1-4H3. The molecule has 2 rings (SSSR count). The third-order valence-electron chi connectivity index (χ3n) is 3.65. The first-order valence-corrected chi connectivity index (χ1v) is 7.68. The number of hydrogen-bond donors (Lipinski definition) is 1. The summed E-state index contributed by atoms with van der Waals surface area (Å²) < 4.78 is 5.99. The van der Waals surface area contributed by atoms with Gasteiger partial charge in [-0.15, -0.1) is 0 Å². The number of nitrogens with one attached hydrogen (secondary N) is 1. The summed E-state index contributed by atoms with van der Waals surface area (Å²) in [6.45, 7) is 9.56. The number of rotatable bonds is 6. The zero-order valence-corrected chi connectivity index (χ0v) is 13.4. The van der Waals surface area contributed by atoms with Crippen LogP contribution in [0.5, 0.6) is 11.5 Å². The smallest absolute Gasteiger partial charge is 0.130 e. The van der Waals surface area contributed by atoms with Crippen molar-refractivity contribution in [3.05, 3.63) is 59.2 Å². The molecule has 0 radical (unpaired) electrons. The van der Waals surface area contributed by atoms with E-state index in [0.29, 0.717) is 6.04 Å². The Kier molecular flexibility index (Phi) is 5.40. The van der Waals surface area contributed by atoms with Crippen molar-refractivity contribution in [1.29, 1.82) is 0 Å². The van der Waals surface area contributed by atoms with Crippen molar-refractivity contribution in [2.45, 2.75) is 40.2 Å². The predicted octanol–water partition coefficient (Wildman–Crippen LogP) is 5.16. The molecular formula is C19H25NO. The number of benzene rings is 2. The Morgan fingerprint density at radius 1 is 1.05 bits per heavy atom. The van der Waals surface area contributed by atoms with Crippen LogP contribution in [0, 0.1) is 13.8 Å². The van der Waals surface area contributed by atoms with E-state index in [9.17, 15) is 0 Å². The molecule has 0 aromatic heterocycles. The lowest BCUT2D eigenvalue weighted by Crippen LogP contribution is -2.19. The summed E-state index contributed by atoms with van der Waals surface area (Å²) >= 11 is 0. The molecule has 1 N–H and O–H groups in total. The second-order valence-electron chi connectivity index (χ2n) is 5.62. The number of ether oxygens (including phenoxy) is 1. The van der Waals surface area contributed by atoms with Crippen LogP contribution in [-0.4, -0.2) is 6.54 Å². The Bertz CT molecular complexity index is 575. The minimum atomic E-state index is 0.375. The van der Waals surface area contributed by atoms with Crippen molar-refractivity contribution in [2.24, 2.45) is 0 Å². The fourth-order valence-electron chi connectivity index (χ4n) is 2.25. The lowest BCUT2D eigenvalue weighted by molar-refractivity contribution is 0.477. The molecule has 1 atom stereocenters. The van der Waals surface area contributed by atoms with Gasteiger partial charge in [-0.3, -0.25) is 0 Å². The van der Waals surface area contributed by atoms with Crippen LogP contribution in [0.4, 0.5) is 0 Å². The SMILES string of the molecule is CCCNC(C)c1ccc(Oc2cc(C)ccc2C)cc1. The minimum Gasteiger partial charge on any atom is -0.457 e. The van der Waals surface area contributed by atoms with E-state index in [2.05, 4.69) is 63.3 Å². The topological polar surface area (TPSA) is 21.3 Å². The van der Waals surface area contributed by atoms with Gasteiger partial charge in [-0.1, -0.05) is 31.2 Å². The van der Waals surface area contributed by atoms with Gasteiger partial charge < -0.3 is 10.1 Å². The molecule has 112 valence electrons. The fourth-order valence-corrected chi connectivity index (χ4v) is 2.25. The van der Waals surface area contributed by atoms with Crippen molar-refractivity contribution in [2.75, 3.05) is 6.54 Å². The Morgan fingerprint density at radius 3 is 2.43 bits per heavy atom. The fraction of sp³-hybridized carbons (Fsp3) is 0.368. The van der Waals surface area contributed by atoms with Gasteiger partial charge in [0, 0.05) is 6.04 Å². The lowest BCUT2D eigenvalue weighted by Gasteiger charge is -2.15. The molecule has 2 aromatic carbocycles. The van der Waals surface area contributed by atoms with Crippen molar-refractivity contribution < 1.29 is 4.74 Å². The molecule has 0 aliphatic carbocycles. The van der Waals surface area contributed by atoms with E-state index in [-0.39, 0.29) is 0 Å². The second kappa shape index (κ2) is 7.28. The average molecular weight is 283 g/mol. The highest BCUT2D eigenvalue weighted by atomic mass is 16.5. The van der Waals surface area contributed by atoms with Gasteiger partial charge in [0.05, 0.1) is 0 Å². The Labute approximate surface area is 128 Å². The summed E-state index contributed by atoms with van der Waals surface area (Å²) in [4.78, 5) is 0. The maximum Gasteiger partial charge on any atom is 0.130 e. The molecule has 21 heavy (non-hydrogen) atoms. The quantitative estimate of drug-likeness (QED) is 0.791. The summed E-state index contributed by atoms with van der Waals surface area (Å²) in [7, 11) is 0. The summed E-state index contributed by atoms with van der Waals surface area (Å²) in [5.41, 5.74) is 3.66. The highest BCUT2D eigenvalue weighted by Crippen LogP contribution is 2.27. The van der Waals surface area contributed by atoms with Gasteiger partial charge in [-0.2, -0.15) is 0 Å². The highest BCUT2D eigenvalue weighted by molar-refractivity contribution is 5.40. The Morgan fingerprint density at radius 2 is 1.76 bits per heavy atom. The van der Waals surface area contributed by atoms with Crippen LogP contribution in [0.25, 0.3) is 0 Å². The summed E-state index contributed by atoms with van der Waals surface area (Å²) in [5.74, 6) is 1.81. The number of hydrogen-bond acceptors (Lipinski definition) is 2. The molecular weight excluding hydrogens is 258 g/mol. The molecule has 1 unspecified atom stereocenters. The molecule has 2 nitrogen and oxygen atoms in total. The van der Waals surface area contributed by atoms with Crippen LogP contribution in [-0.2, 0) is 0 Å². The summed E-state index contributed by atoms with van der Waals surface area (Å²) in [6, 6.07) is 15.0. The van der Waals surface area contributed by atoms with E-state index < -0.39 is 0 Å². The monoisotopic (exact) mass is 283 g/mol. The van der Waals surface area contributed by atoms with E-state index in [1.54, 1.807) is 0 Å².